The molecule has 1 fully saturated rings. The Labute approximate surface area is 118 Å². The van der Waals surface area contributed by atoms with E-state index >= 15 is 0 Å². The van der Waals surface area contributed by atoms with Crippen molar-refractivity contribution in [3.05, 3.63) is 73.8 Å². The zero-order valence-electron chi connectivity index (χ0n) is 10.7. The van der Waals surface area contributed by atoms with Gasteiger partial charge in [0.25, 0.3) is 0 Å². The van der Waals surface area contributed by atoms with E-state index in [9.17, 15) is 4.79 Å². The van der Waals surface area contributed by atoms with E-state index in [1.165, 1.54) is 0 Å². The van der Waals surface area contributed by atoms with Crippen LogP contribution in [-0.2, 0) is 11.3 Å². The quantitative estimate of drug-likeness (QED) is 0.923. The third-order valence-corrected chi connectivity index (χ3v) is 2.98. The van der Waals surface area contributed by atoms with Crippen molar-refractivity contribution in [2.45, 2.75) is 6.54 Å². The number of benzene rings is 1. The van der Waals surface area contributed by atoms with Crippen molar-refractivity contribution in [1.29, 1.82) is 0 Å². The van der Waals surface area contributed by atoms with Crippen LogP contribution in [0.25, 0.3) is 11.3 Å². The van der Waals surface area contributed by atoms with Crippen molar-refractivity contribution in [3.63, 3.8) is 0 Å². The number of aromatic nitrogens is 1. The summed E-state index contributed by atoms with van der Waals surface area (Å²) in [7, 11) is 0. The molecule has 3 rings (SSSR count). The number of amides is 1. The summed E-state index contributed by atoms with van der Waals surface area (Å²) in [4.78, 5) is 11.8. The van der Waals surface area contributed by atoms with Gasteiger partial charge in [-0.3, -0.25) is 4.79 Å². The van der Waals surface area contributed by atoms with Gasteiger partial charge < -0.3 is 9.84 Å². The zero-order valence-corrected chi connectivity index (χ0v) is 10.7. The molecule has 1 aromatic carbocycles. The lowest BCUT2D eigenvalue weighted by Crippen LogP contribution is -2.27. The maximum atomic E-state index is 11.8. The molecule has 0 spiro atoms. The lowest BCUT2D eigenvalue weighted by molar-refractivity contribution is -0.118. The summed E-state index contributed by atoms with van der Waals surface area (Å²) in [6.45, 7) is 0.323. The van der Waals surface area contributed by atoms with E-state index in [4.69, 9.17) is 4.52 Å². The second kappa shape index (κ2) is 5.90. The molecule has 4 nitrogen and oxygen atoms in total. The van der Waals surface area contributed by atoms with Crippen LogP contribution in [0, 0.1) is 31.6 Å². The Morgan fingerprint density at radius 3 is 2.65 bits per heavy atom. The van der Waals surface area contributed by atoms with E-state index in [-0.39, 0.29) is 5.91 Å². The predicted molar refractivity (Wildman–Crippen MR) is 74.2 cm³/mol. The first kappa shape index (κ1) is 12.9. The van der Waals surface area contributed by atoms with Gasteiger partial charge in [0.15, 0.2) is 5.76 Å². The van der Waals surface area contributed by atoms with Crippen LogP contribution in [0.5, 0.6) is 0 Å². The number of rotatable bonds is 4. The minimum atomic E-state index is -0.118. The van der Waals surface area contributed by atoms with Crippen LogP contribution in [-0.4, -0.2) is 11.1 Å². The molecular formula is C16H13N2O2. The molecule has 2 aromatic rings. The summed E-state index contributed by atoms with van der Waals surface area (Å²) >= 11 is 0. The van der Waals surface area contributed by atoms with Gasteiger partial charge in [-0.1, -0.05) is 35.5 Å². The number of hydrogen-bond acceptors (Lipinski definition) is 3. The Bertz CT molecular complexity index is 571. The molecule has 0 aliphatic heterocycles. The molecule has 1 aliphatic rings. The monoisotopic (exact) mass is 265 g/mol. The van der Waals surface area contributed by atoms with Crippen LogP contribution in [0.1, 0.15) is 5.76 Å². The van der Waals surface area contributed by atoms with Gasteiger partial charge in [0, 0.05) is 11.6 Å². The number of carbonyl (C=O) groups is 1. The normalized spacial score (nSPS) is 15.4. The molecule has 20 heavy (non-hydrogen) atoms. The van der Waals surface area contributed by atoms with Gasteiger partial charge in [0.05, 0.1) is 12.5 Å². The summed E-state index contributed by atoms with van der Waals surface area (Å²) in [6, 6.07) is 11.6. The highest BCUT2D eigenvalue weighted by Gasteiger charge is 2.24. The van der Waals surface area contributed by atoms with Crippen LogP contribution in [0.4, 0.5) is 0 Å². The summed E-state index contributed by atoms with van der Waals surface area (Å²) in [5.74, 6) is 1.16. The van der Waals surface area contributed by atoms with Crippen LogP contribution < -0.4 is 5.32 Å². The molecule has 1 saturated carbocycles. The summed E-state index contributed by atoms with van der Waals surface area (Å²) < 4.78 is 5.22. The van der Waals surface area contributed by atoms with Crippen molar-refractivity contribution in [1.82, 2.24) is 10.5 Å². The molecule has 4 heteroatoms. The second-order valence-corrected chi connectivity index (χ2v) is 4.40. The largest absolute Gasteiger partial charge is 0.359 e. The maximum absolute atomic E-state index is 11.8. The molecule has 1 heterocycles. The van der Waals surface area contributed by atoms with Gasteiger partial charge in [-0.15, -0.1) is 0 Å². The fourth-order valence-corrected chi connectivity index (χ4v) is 1.94. The fraction of sp³-hybridized carbons (Fsp3) is 0.0625. The zero-order chi connectivity index (χ0) is 13.8. The van der Waals surface area contributed by atoms with E-state index in [2.05, 4.69) is 10.5 Å². The van der Waals surface area contributed by atoms with Crippen molar-refractivity contribution >= 4 is 5.91 Å². The number of nitrogens with zero attached hydrogens (tertiary/aromatic N) is 1. The van der Waals surface area contributed by atoms with Gasteiger partial charge >= 0.3 is 0 Å². The first-order chi connectivity index (χ1) is 9.83. The molecule has 1 aromatic heterocycles. The number of nitrogens with one attached hydrogen (secondary N) is 1. The van der Waals surface area contributed by atoms with E-state index in [0.717, 1.165) is 11.3 Å². The highest BCUT2D eigenvalue weighted by molar-refractivity contribution is 5.95. The van der Waals surface area contributed by atoms with Crippen molar-refractivity contribution in [3.8, 4) is 11.3 Å². The lowest BCUT2D eigenvalue weighted by Gasteiger charge is -2.06. The van der Waals surface area contributed by atoms with Gasteiger partial charge in [0.2, 0.25) is 5.91 Å². The van der Waals surface area contributed by atoms with E-state index in [0.29, 0.717) is 18.2 Å². The van der Waals surface area contributed by atoms with E-state index in [1.807, 2.05) is 49.2 Å². The van der Waals surface area contributed by atoms with Gasteiger partial charge in [-0.25, -0.2) is 0 Å². The number of hydrogen-bond donors (Lipinski definition) is 1. The van der Waals surface area contributed by atoms with Crippen molar-refractivity contribution < 1.29 is 9.32 Å². The second-order valence-electron chi connectivity index (χ2n) is 4.40. The predicted octanol–water partition coefficient (Wildman–Crippen LogP) is 2.36. The Balaban J connectivity index is 1.59. The van der Waals surface area contributed by atoms with Crippen LogP contribution in [0.3, 0.4) is 0 Å². The first-order valence-corrected chi connectivity index (χ1v) is 6.34. The molecule has 99 valence electrons. The minimum absolute atomic E-state index is 0.118. The minimum Gasteiger partial charge on any atom is -0.359 e. The summed E-state index contributed by atoms with van der Waals surface area (Å²) in [6.07, 6.45) is 7.20. The third kappa shape index (κ3) is 2.90. The van der Waals surface area contributed by atoms with Crippen LogP contribution >= 0.6 is 0 Å². The molecule has 1 amide bonds. The maximum Gasteiger partial charge on any atom is 0.228 e. The van der Waals surface area contributed by atoms with Gasteiger partial charge in [-0.05, 0) is 25.7 Å². The summed E-state index contributed by atoms with van der Waals surface area (Å²) in [5.41, 5.74) is 1.76. The van der Waals surface area contributed by atoms with Gasteiger partial charge in [0.1, 0.15) is 5.69 Å². The standard InChI is InChI=1S/C16H13N2O2/c19-16(13-8-4-5-9-13)17-11-14-10-15(18-20-14)12-6-2-1-3-7-12/h1-10H,11H2,(H,17,19). The molecule has 1 N–H and O–H groups in total. The average Bonchev–Trinajstić information content (AvgIpc) is 3.17. The SMILES string of the molecule is O=C(NCc1cc(-c2ccccc2)no1)[C]1[CH][CH][CH][CH]1. The molecular weight excluding hydrogens is 252 g/mol. The van der Waals surface area contributed by atoms with Gasteiger partial charge in [-0.2, -0.15) is 0 Å². The lowest BCUT2D eigenvalue weighted by atomic mass is 10.1. The Morgan fingerprint density at radius 1 is 1.15 bits per heavy atom. The molecule has 5 radical (unpaired) electrons. The highest BCUT2D eigenvalue weighted by atomic mass is 16.5. The van der Waals surface area contributed by atoms with Crippen molar-refractivity contribution in [2.75, 3.05) is 0 Å². The Kier molecular flexibility index (Phi) is 3.81. The van der Waals surface area contributed by atoms with Crippen molar-refractivity contribution in [2.24, 2.45) is 0 Å². The Morgan fingerprint density at radius 2 is 1.90 bits per heavy atom. The van der Waals surface area contributed by atoms with Crippen LogP contribution in [0.15, 0.2) is 40.9 Å². The topological polar surface area (TPSA) is 55.1 Å². The average molecular weight is 265 g/mol. The van der Waals surface area contributed by atoms with Crippen LogP contribution in [0.2, 0.25) is 0 Å². The Hall–Kier alpha value is -2.10. The third-order valence-electron chi connectivity index (χ3n) is 2.98. The molecule has 0 atom stereocenters. The summed E-state index contributed by atoms with van der Waals surface area (Å²) in [5, 5.41) is 6.79. The van der Waals surface area contributed by atoms with E-state index < -0.39 is 0 Å². The molecule has 0 bridgehead atoms. The van der Waals surface area contributed by atoms with E-state index in [1.54, 1.807) is 12.8 Å². The smallest absolute Gasteiger partial charge is 0.228 e. The highest BCUT2D eigenvalue weighted by Crippen LogP contribution is 2.23. The fourth-order valence-electron chi connectivity index (χ4n) is 1.94. The first-order valence-electron chi connectivity index (χ1n) is 6.34. The number of carbonyl (C=O) groups excluding carboxylic acids is 1. The molecule has 1 aliphatic carbocycles. The molecule has 0 saturated heterocycles. The molecule has 0 unspecified atom stereocenters.